The summed E-state index contributed by atoms with van der Waals surface area (Å²) >= 11 is 9.98. The molecule has 0 radical (unpaired) electrons. The van der Waals surface area contributed by atoms with Crippen LogP contribution in [0.4, 0.5) is 26.3 Å². The van der Waals surface area contributed by atoms with Crippen molar-refractivity contribution in [3.63, 3.8) is 0 Å². The van der Waals surface area contributed by atoms with E-state index in [2.05, 4.69) is 46.7 Å². The Kier molecular flexibility index (Phi) is 24.2. The predicted octanol–water partition coefficient (Wildman–Crippen LogP) is 11.2. The van der Waals surface area contributed by atoms with E-state index in [4.69, 9.17) is 26.2 Å². The number of nitrogens with zero attached hydrogens (tertiary/aromatic N) is 3. The van der Waals surface area contributed by atoms with Gasteiger partial charge in [0.15, 0.2) is 5.65 Å². The third-order valence-electron chi connectivity index (χ3n) is 6.28. The zero-order valence-electron chi connectivity index (χ0n) is 28.9. The molecule has 274 valence electrons. The van der Waals surface area contributed by atoms with Crippen LogP contribution in [0.15, 0.2) is 59.2 Å². The van der Waals surface area contributed by atoms with E-state index < -0.39 is 23.5 Å². The third kappa shape index (κ3) is 16.3. The fourth-order valence-corrected chi connectivity index (χ4v) is 5.10. The Morgan fingerprint density at radius 3 is 1.84 bits per heavy atom. The van der Waals surface area contributed by atoms with E-state index >= 15 is 0 Å². The first-order chi connectivity index (χ1) is 23.2. The van der Waals surface area contributed by atoms with Crippen molar-refractivity contribution in [2.75, 3.05) is 7.05 Å². The van der Waals surface area contributed by atoms with E-state index in [1.54, 1.807) is 0 Å². The largest absolute Gasteiger partial charge is 0.416 e. The fourth-order valence-electron chi connectivity index (χ4n) is 4.52. The molecule has 0 fully saturated rings. The Balaban J connectivity index is 0. The van der Waals surface area contributed by atoms with Crippen LogP contribution in [0.2, 0.25) is 5.02 Å². The second-order valence-electron chi connectivity index (χ2n) is 9.81. The molecule has 0 aliphatic carbocycles. The normalized spacial score (nSPS) is 10.5. The van der Waals surface area contributed by atoms with Crippen molar-refractivity contribution in [1.29, 1.82) is 0 Å². The number of aldehydes is 1. The number of aryl methyl sites for hydroxylation is 1. The lowest BCUT2D eigenvalue weighted by atomic mass is 9.93. The Hall–Kier alpha value is -3.29. The molecule has 0 amide bonds. The SMILES string of the molecule is C=O.CC.CC=O.CCCC(CCC)Cc1cc(-c2ccccc2Cl)nc2c(Br)cnn12.CN.Cc1cc(C(F)(F)F)cc(C(F)(F)F)c1. The molecule has 14 heteroatoms. The van der Waals surface area contributed by atoms with Crippen LogP contribution in [-0.2, 0) is 28.4 Å². The minimum absolute atomic E-state index is 0.0721. The molecule has 2 N–H and O–H groups in total. The van der Waals surface area contributed by atoms with Gasteiger partial charge in [0.25, 0.3) is 0 Å². The quantitative estimate of drug-likeness (QED) is 0.149. The molecular weight excluding hydrogens is 738 g/mol. The standard InChI is InChI=1S/C20H23BrClN3.C9H6F6.C2H4O.C2H6.CH5N.CH2O/c1-3-7-14(8-4-2)11-15-12-19(16-9-5-6-10-18(16)22)24-20-17(21)13-23-25(15)20;1-5-2-6(8(10,11)12)4-7(3-5)9(13,14)15;1-2-3;3*1-2/h5-6,9-10,12-14H,3-4,7-8,11H2,1-2H3;2-4H,1H3;2H,1H3;1-2H3;2H2,1H3;1H2. The number of rotatable bonds is 7. The number of hydrogen-bond acceptors (Lipinski definition) is 5. The minimum Gasteiger partial charge on any atom is -0.333 e. The first-order valence-electron chi connectivity index (χ1n) is 15.5. The van der Waals surface area contributed by atoms with Crippen LogP contribution in [0, 0.1) is 12.8 Å². The van der Waals surface area contributed by atoms with Crippen molar-refractivity contribution in [3.8, 4) is 11.3 Å². The second kappa shape index (κ2) is 24.8. The van der Waals surface area contributed by atoms with Gasteiger partial charge in [-0.25, -0.2) is 9.50 Å². The number of halogens is 8. The van der Waals surface area contributed by atoms with Crippen LogP contribution >= 0.6 is 27.5 Å². The maximum atomic E-state index is 12.2. The predicted molar refractivity (Wildman–Crippen MR) is 190 cm³/mol. The summed E-state index contributed by atoms with van der Waals surface area (Å²) in [6, 6.07) is 11.5. The lowest BCUT2D eigenvalue weighted by Crippen LogP contribution is -2.11. The molecule has 0 atom stereocenters. The third-order valence-corrected chi connectivity index (χ3v) is 7.16. The van der Waals surface area contributed by atoms with E-state index in [0.29, 0.717) is 18.1 Å². The van der Waals surface area contributed by atoms with Gasteiger partial charge in [-0.3, -0.25) is 0 Å². The Labute approximate surface area is 298 Å². The molecule has 0 saturated heterocycles. The van der Waals surface area contributed by atoms with Gasteiger partial charge < -0.3 is 15.3 Å². The van der Waals surface area contributed by atoms with E-state index in [9.17, 15) is 26.3 Å². The number of nitrogens with two attached hydrogens (primary N) is 1. The van der Waals surface area contributed by atoms with E-state index in [0.717, 1.165) is 39.1 Å². The summed E-state index contributed by atoms with van der Waals surface area (Å²) in [6.45, 7) is 13.1. The monoisotopic (exact) mass is 782 g/mol. The van der Waals surface area contributed by atoms with E-state index in [-0.39, 0.29) is 11.6 Å². The van der Waals surface area contributed by atoms with Crippen molar-refractivity contribution >= 4 is 46.3 Å². The van der Waals surface area contributed by atoms with Gasteiger partial charge >= 0.3 is 12.4 Å². The average Bonchev–Trinajstić information content (AvgIpc) is 3.44. The Bertz CT molecular complexity index is 1480. The molecule has 0 aliphatic heterocycles. The van der Waals surface area contributed by atoms with Crippen molar-refractivity contribution in [2.24, 2.45) is 11.7 Å². The molecule has 4 aromatic rings. The van der Waals surface area contributed by atoms with Crippen LogP contribution in [-0.4, -0.2) is 34.7 Å². The molecule has 0 saturated carbocycles. The molecule has 2 aromatic heterocycles. The average molecular weight is 784 g/mol. The molecule has 0 aliphatic rings. The van der Waals surface area contributed by atoms with Crippen LogP contribution in [0.1, 0.15) is 82.7 Å². The van der Waals surface area contributed by atoms with Crippen LogP contribution in [0.3, 0.4) is 0 Å². The summed E-state index contributed by atoms with van der Waals surface area (Å²) in [5, 5.41) is 5.24. The van der Waals surface area contributed by atoms with E-state index in [1.165, 1.54) is 52.3 Å². The maximum Gasteiger partial charge on any atom is 0.416 e. The molecule has 49 heavy (non-hydrogen) atoms. The summed E-state index contributed by atoms with van der Waals surface area (Å²) in [5.74, 6) is 0.669. The number of carbonyl (C=O) groups is 2. The van der Waals surface area contributed by atoms with Crippen LogP contribution in [0.25, 0.3) is 16.9 Å². The van der Waals surface area contributed by atoms with Crippen molar-refractivity contribution in [2.45, 2.75) is 86.0 Å². The van der Waals surface area contributed by atoms with Gasteiger partial charge in [0.1, 0.15) is 13.1 Å². The Morgan fingerprint density at radius 1 is 0.939 bits per heavy atom. The molecule has 0 bridgehead atoms. The topological polar surface area (TPSA) is 90.3 Å². The first kappa shape index (κ1) is 47.8. The lowest BCUT2D eigenvalue weighted by molar-refractivity contribution is -0.143. The summed E-state index contributed by atoms with van der Waals surface area (Å²) < 4.78 is 75.9. The van der Waals surface area contributed by atoms with Gasteiger partial charge in [-0.15, -0.1) is 0 Å². The second-order valence-corrected chi connectivity index (χ2v) is 11.1. The fraction of sp³-hybridized carbons (Fsp3) is 0.429. The molecule has 4 rings (SSSR count). The highest BCUT2D eigenvalue weighted by molar-refractivity contribution is 9.10. The van der Waals surface area contributed by atoms with Gasteiger partial charge in [0, 0.05) is 16.3 Å². The lowest BCUT2D eigenvalue weighted by Gasteiger charge is -2.17. The van der Waals surface area contributed by atoms with Crippen molar-refractivity contribution in [3.05, 3.63) is 86.6 Å². The van der Waals surface area contributed by atoms with Gasteiger partial charge in [0.05, 0.1) is 27.5 Å². The van der Waals surface area contributed by atoms with Gasteiger partial charge in [0.2, 0.25) is 0 Å². The molecular formula is C35H46BrClF6N4O2. The number of aromatic nitrogens is 3. The molecule has 2 aromatic carbocycles. The number of benzene rings is 2. The zero-order valence-corrected chi connectivity index (χ0v) is 31.2. The zero-order chi connectivity index (χ0) is 38.4. The van der Waals surface area contributed by atoms with Crippen LogP contribution in [0.5, 0.6) is 0 Å². The Morgan fingerprint density at radius 2 is 1.41 bits per heavy atom. The molecule has 0 unspecified atom stereocenters. The summed E-state index contributed by atoms with van der Waals surface area (Å²) in [7, 11) is 1.50. The smallest absolute Gasteiger partial charge is 0.333 e. The highest BCUT2D eigenvalue weighted by atomic mass is 79.9. The van der Waals surface area contributed by atoms with Gasteiger partial charge in [-0.05, 0) is 85.1 Å². The summed E-state index contributed by atoms with van der Waals surface area (Å²) in [5.41, 5.74) is 5.77. The first-order valence-corrected chi connectivity index (χ1v) is 16.6. The number of alkyl halides is 6. The van der Waals surface area contributed by atoms with Gasteiger partial charge in [-0.1, -0.05) is 83.2 Å². The molecule has 0 spiro atoms. The van der Waals surface area contributed by atoms with E-state index in [1.807, 2.05) is 55.6 Å². The number of carbonyl (C=O) groups excluding carboxylic acids is 2. The number of fused-ring (bicyclic) bond motifs is 1. The van der Waals surface area contributed by atoms with Crippen molar-refractivity contribution < 1.29 is 35.9 Å². The summed E-state index contributed by atoms with van der Waals surface area (Å²) in [6.07, 6.45) is -1.05. The van der Waals surface area contributed by atoms with Crippen molar-refractivity contribution in [1.82, 2.24) is 14.6 Å². The summed E-state index contributed by atoms with van der Waals surface area (Å²) in [4.78, 5) is 21.6. The minimum atomic E-state index is -4.76. The molecule has 2 heterocycles. The van der Waals surface area contributed by atoms with Gasteiger partial charge in [-0.2, -0.15) is 31.4 Å². The number of hydrogen-bond donors (Lipinski definition) is 1. The highest BCUT2D eigenvalue weighted by Crippen LogP contribution is 2.36. The maximum absolute atomic E-state index is 12.2. The van der Waals surface area contributed by atoms with Crippen LogP contribution < -0.4 is 5.73 Å². The molecule has 6 nitrogen and oxygen atoms in total. The highest BCUT2D eigenvalue weighted by Gasteiger charge is 2.36.